The second-order valence-electron chi connectivity index (χ2n) is 4.48. The molecule has 2 rings (SSSR count). The van der Waals surface area contributed by atoms with E-state index in [1.54, 1.807) is 0 Å². The van der Waals surface area contributed by atoms with Gasteiger partial charge in [0.05, 0.1) is 0 Å². The van der Waals surface area contributed by atoms with E-state index in [1.165, 1.54) is 39.3 Å². The van der Waals surface area contributed by atoms with Crippen LogP contribution in [0.4, 0.5) is 0 Å². The van der Waals surface area contributed by atoms with Crippen molar-refractivity contribution in [1.82, 2.24) is 15.1 Å². The molecule has 1 N–H and O–H groups in total. The van der Waals surface area contributed by atoms with Crippen LogP contribution in [0.25, 0.3) is 0 Å². The molecule has 2 fully saturated rings. The molecule has 2 aliphatic heterocycles. The molecule has 3 nitrogen and oxygen atoms in total. The van der Waals surface area contributed by atoms with E-state index in [1.807, 2.05) is 0 Å². The van der Waals surface area contributed by atoms with E-state index in [2.05, 4.69) is 29.0 Å². The lowest BCUT2D eigenvalue weighted by Gasteiger charge is -2.45. The molecule has 6 heteroatoms. The first-order valence-corrected chi connectivity index (χ1v) is 5.46. The van der Waals surface area contributed by atoms with Gasteiger partial charge < -0.3 is 5.32 Å². The third-order valence-electron chi connectivity index (χ3n) is 3.32. The first-order valence-electron chi connectivity index (χ1n) is 5.46. The van der Waals surface area contributed by atoms with Crippen molar-refractivity contribution in [2.24, 2.45) is 0 Å². The molecule has 1 atom stereocenters. The van der Waals surface area contributed by atoms with Gasteiger partial charge in [-0.15, -0.1) is 37.2 Å². The van der Waals surface area contributed by atoms with Gasteiger partial charge in [0.2, 0.25) is 0 Å². The van der Waals surface area contributed by atoms with Crippen molar-refractivity contribution in [3.63, 3.8) is 0 Å². The van der Waals surface area contributed by atoms with Crippen molar-refractivity contribution in [3.8, 4) is 0 Å². The zero-order chi connectivity index (χ0) is 9.26. The standard InChI is InChI=1S/C10H21N3.3ClH/c1-9(2)13-6-5-12-4-3-11-7-10(12)8-13;;;/h9-11H,3-8H2,1-2H3;3*1H. The summed E-state index contributed by atoms with van der Waals surface area (Å²) in [6.45, 7) is 12.0. The molecule has 0 aromatic heterocycles. The largest absolute Gasteiger partial charge is 0.314 e. The number of fused-ring (bicyclic) bond motifs is 1. The van der Waals surface area contributed by atoms with Crippen molar-refractivity contribution in [3.05, 3.63) is 0 Å². The van der Waals surface area contributed by atoms with Gasteiger partial charge in [-0.1, -0.05) is 0 Å². The Balaban J connectivity index is 0. The molecule has 0 radical (unpaired) electrons. The minimum atomic E-state index is 0. The second kappa shape index (κ2) is 8.78. The normalized spacial score (nSPS) is 26.1. The summed E-state index contributed by atoms with van der Waals surface area (Å²) in [6, 6.07) is 1.48. The van der Waals surface area contributed by atoms with E-state index in [-0.39, 0.29) is 37.2 Å². The average molecular weight is 293 g/mol. The molecule has 0 aromatic carbocycles. The van der Waals surface area contributed by atoms with Gasteiger partial charge in [0, 0.05) is 51.4 Å². The highest BCUT2D eigenvalue weighted by Gasteiger charge is 2.29. The highest BCUT2D eigenvalue weighted by molar-refractivity contribution is 5.86. The number of nitrogens with zero attached hydrogens (tertiary/aromatic N) is 2. The third-order valence-corrected chi connectivity index (χ3v) is 3.32. The van der Waals surface area contributed by atoms with E-state index < -0.39 is 0 Å². The maximum Gasteiger partial charge on any atom is 0.0349 e. The summed E-state index contributed by atoms with van der Waals surface area (Å²) >= 11 is 0. The van der Waals surface area contributed by atoms with Crippen LogP contribution >= 0.6 is 37.2 Å². The van der Waals surface area contributed by atoms with Gasteiger partial charge in [-0.2, -0.15) is 0 Å². The number of piperazine rings is 2. The Morgan fingerprint density at radius 3 is 2.38 bits per heavy atom. The molecule has 0 aromatic rings. The SMILES string of the molecule is CC(C)N1CCN2CCNCC2C1.Cl.Cl.Cl. The predicted molar refractivity (Wildman–Crippen MR) is 76.7 cm³/mol. The fourth-order valence-electron chi connectivity index (χ4n) is 2.37. The van der Waals surface area contributed by atoms with E-state index in [9.17, 15) is 0 Å². The maximum absolute atomic E-state index is 3.48. The summed E-state index contributed by atoms with van der Waals surface area (Å²) in [5.74, 6) is 0. The lowest BCUT2D eigenvalue weighted by Crippen LogP contribution is -2.62. The third kappa shape index (κ3) is 4.55. The van der Waals surface area contributed by atoms with Crippen LogP contribution in [0.1, 0.15) is 13.8 Å². The first-order chi connectivity index (χ1) is 6.27. The summed E-state index contributed by atoms with van der Waals surface area (Å²) in [4.78, 5) is 5.23. The predicted octanol–water partition coefficient (Wildman–Crippen LogP) is 1.25. The van der Waals surface area contributed by atoms with Crippen LogP contribution in [-0.2, 0) is 0 Å². The number of hydrogen-bond donors (Lipinski definition) is 1. The summed E-state index contributed by atoms with van der Waals surface area (Å²) < 4.78 is 0. The molecule has 0 amide bonds. The molecule has 2 aliphatic rings. The molecule has 2 saturated heterocycles. The van der Waals surface area contributed by atoms with Crippen molar-refractivity contribution in [2.75, 3.05) is 39.3 Å². The minimum Gasteiger partial charge on any atom is -0.314 e. The molecule has 0 aliphatic carbocycles. The van der Waals surface area contributed by atoms with Crippen LogP contribution in [0, 0.1) is 0 Å². The van der Waals surface area contributed by atoms with Crippen LogP contribution in [0.2, 0.25) is 0 Å². The summed E-state index contributed by atoms with van der Waals surface area (Å²) in [5.41, 5.74) is 0. The molecule has 0 bridgehead atoms. The molecule has 1 unspecified atom stereocenters. The Kier molecular flexibility index (Phi) is 10.5. The number of nitrogens with one attached hydrogen (secondary N) is 1. The average Bonchev–Trinajstić information content (AvgIpc) is 2.17. The smallest absolute Gasteiger partial charge is 0.0349 e. The molecule has 0 saturated carbocycles. The second-order valence-corrected chi connectivity index (χ2v) is 4.48. The molecule has 2 heterocycles. The topological polar surface area (TPSA) is 18.5 Å². The zero-order valence-electron chi connectivity index (χ0n) is 10.0. The van der Waals surface area contributed by atoms with Crippen LogP contribution in [-0.4, -0.2) is 61.2 Å². The van der Waals surface area contributed by atoms with Crippen molar-refractivity contribution in [1.29, 1.82) is 0 Å². The van der Waals surface area contributed by atoms with Gasteiger partial charge in [-0.05, 0) is 13.8 Å². The molecule has 100 valence electrons. The Bertz CT molecular complexity index is 181. The Morgan fingerprint density at radius 1 is 1.06 bits per heavy atom. The lowest BCUT2D eigenvalue weighted by atomic mass is 10.1. The minimum absolute atomic E-state index is 0. The van der Waals surface area contributed by atoms with Gasteiger partial charge in [0.25, 0.3) is 0 Å². The van der Waals surface area contributed by atoms with Crippen molar-refractivity contribution in [2.45, 2.75) is 25.9 Å². The lowest BCUT2D eigenvalue weighted by molar-refractivity contribution is 0.0426. The molecular weight excluding hydrogens is 268 g/mol. The van der Waals surface area contributed by atoms with E-state index in [4.69, 9.17) is 0 Å². The summed E-state index contributed by atoms with van der Waals surface area (Å²) in [5, 5.41) is 3.48. The molecule has 0 spiro atoms. The van der Waals surface area contributed by atoms with Gasteiger partial charge in [0.1, 0.15) is 0 Å². The van der Waals surface area contributed by atoms with Crippen LogP contribution in [0.15, 0.2) is 0 Å². The number of halogens is 3. The zero-order valence-corrected chi connectivity index (χ0v) is 12.5. The van der Waals surface area contributed by atoms with E-state index in [0.29, 0.717) is 6.04 Å². The van der Waals surface area contributed by atoms with E-state index in [0.717, 1.165) is 6.04 Å². The first kappa shape index (κ1) is 19.1. The quantitative estimate of drug-likeness (QED) is 0.785. The molecular formula is C10H24Cl3N3. The fraction of sp³-hybridized carbons (Fsp3) is 1.00. The summed E-state index contributed by atoms with van der Waals surface area (Å²) in [7, 11) is 0. The summed E-state index contributed by atoms with van der Waals surface area (Å²) in [6.07, 6.45) is 0. The Hall–Kier alpha value is 0.750. The number of hydrogen-bond acceptors (Lipinski definition) is 3. The highest BCUT2D eigenvalue weighted by atomic mass is 35.5. The van der Waals surface area contributed by atoms with Crippen LogP contribution in [0.3, 0.4) is 0 Å². The van der Waals surface area contributed by atoms with Gasteiger partial charge >= 0.3 is 0 Å². The van der Waals surface area contributed by atoms with E-state index >= 15 is 0 Å². The number of rotatable bonds is 1. The molecule has 16 heavy (non-hydrogen) atoms. The highest BCUT2D eigenvalue weighted by Crippen LogP contribution is 2.13. The van der Waals surface area contributed by atoms with Crippen LogP contribution in [0.5, 0.6) is 0 Å². The Morgan fingerprint density at radius 2 is 1.75 bits per heavy atom. The fourth-order valence-corrected chi connectivity index (χ4v) is 2.37. The van der Waals surface area contributed by atoms with Gasteiger partial charge in [-0.3, -0.25) is 9.80 Å². The van der Waals surface area contributed by atoms with Crippen LogP contribution < -0.4 is 5.32 Å². The van der Waals surface area contributed by atoms with Gasteiger partial charge in [-0.25, -0.2) is 0 Å². The van der Waals surface area contributed by atoms with Crippen molar-refractivity contribution >= 4 is 37.2 Å². The van der Waals surface area contributed by atoms with Crippen molar-refractivity contribution < 1.29 is 0 Å². The maximum atomic E-state index is 3.48. The Labute approximate surface area is 118 Å². The van der Waals surface area contributed by atoms with Gasteiger partial charge in [0.15, 0.2) is 0 Å². The monoisotopic (exact) mass is 291 g/mol.